The van der Waals surface area contributed by atoms with Gasteiger partial charge in [0.25, 0.3) is 0 Å². The molecule has 0 spiro atoms. The van der Waals surface area contributed by atoms with Crippen molar-refractivity contribution < 1.29 is 5.11 Å². The van der Waals surface area contributed by atoms with Crippen LogP contribution in [-0.2, 0) is 6.61 Å². The number of aliphatic hydroxyl groups excluding tert-OH is 1. The molecule has 0 bridgehead atoms. The number of pyridine rings is 1. The third-order valence-corrected chi connectivity index (χ3v) is 3.40. The number of fused-ring (bicyclic) bond motifs is 1. The molecule has 2 aromatic carbocycles. The summed E-state index contributed by atoms with van der Waals surface area (Å²) in [6, 6.07) is 16.3. The minimum absolute atomic E-state index is 0.0410. The van der Waals surface area contributed by atoms with Crippen LogP contribution in [0, 0.1) is 6.92 Å². The molecule has 94 valence electrons. The smallest absolute Gasteiger partial charge is 0.0714 e. The zero-order valence-corrected chi connectivity index (χ0v) is 10.8. The van der Waals surface area contributed by atoms with Crippen LogP contribution in [0.15, 0.2) is 54.7 Å². The Kier molecular flexibility index (Phi) is 3.02. The Labute approximate surface area is 112 Å². The van der Waals surface area contributed by atoms with E-state index in [2.05, 4.69) is 36.2 Å². The van der Waals surface area contributed by atoms with Crippen LogP contribution in [0.4, 0.5) is 0 Å². The molecular weight excluding hydrogens is 234 g/mol. The first-order valence-corrected chi connectivity index (χ1v) is 6.34. The van der Waals surface area contributed by atoms with Crippen LogP contribution in [0.2, 0.25) is 0 Å². The zero-order valence-electron chi connectivity index (χ0n) is 10.8. The van der Waals surface area contributed by atoms with Gasteiger partial charge in [0, 0.05) is 11.8 Å². The number of aromatic nitrogens is 1. The Morgan fingerprint density at radius 3 is 2.74 bits per heavy atom. The molecule has 0 aliphatic carbocycles. The van der Waals surface area contributed by atoms with E-state index in [1.54, 1.807) is 6.20 Å². The van der Waals surface area contributed by atoms with Crippen molar-refractivity contribution in [1.82, 2.24) is 4.98 Å². The van der Waals surface area contributed by atoms with Crippen LogP contribution >= 0.6 is 0 Å². The molecule has 0 atom stereocenters. The highest BCUT2D eigenvalue weighted by molar-refractivity contribution is 5.97. The molecule has 0 fully saturated rings. The summed E-state index contributed by atoms with van der Waals surface area (Å²) in [4.78, 5) is 4.46. The van der Waals surface area contributed by atoms with E-state index in [9.17, 15) is 5.11 Å². The van der Waals surface area contributed by atoms with Gasteiger partial charge in [-0.1, -0.05) is 36.4 Å². The molecule has 1 heterocycles. The van der Waals surface area contributed by atoms with E-state index in [0.29, 0.717) is 0 Å². The zero-order chi connectivity index (χ0) is 13.2. The average Bonchev–Trinajstić information content (AvgIpc) is 2.47. The highest BCUT2D eigenvalue weighted by Gasteiger charge is 2.08. The monoisotopic (exact) mass is 249 g/mol. The lowest BCUT2D eigenvalue weighted by molar-refractivity contribution is 0.282. The van der Waals surface area contributed by atoms with Gasteiger partial charge in [0.05, 0.1) is 12.3 Å². The van der Waals surface area contributed by atoms with E-state index in [0.717, 1.165) is 16.8 Å². The van der Waals surface area contributed by atoms with Crippen molar-refractivity contribution in [2.45, 2.75) is 13.5 Å². The molecule has 3 rings (SSSR count). The fraction of sp³-hybridized carbons (Fsp3) is 0.118. The Morgan fingerprint density at radius 2 is 1.89 bits per heavy atom. The molecule has 0 aliphatic rings. The van der Waals surface area contributed by atoms with Crippen LogP contribution in [-0.4, -0.2) is 10.1 Å². The maximum Gasteiger partial charge on any atom is 0.0714 e. The molecule has 0 unspecified atom stereocenters. The fourth-order valence-corrected chi connectivity index (χ4v) is 2.43. The van der Waals surface area contributed by atoms with E-state index < -0.39 is 0 Å². The summed E-state index contributed by atoms with van der Waals surface area (Å²) in [5.41, 5.74) is 4.15. The Balaban J connectivity index is 2.31. The first-order valence-electron chi connectivity index (χ1n) is 6.34. The SMILES string of the molecule is Cc1ccc2ccccc2c1-c1cc(CO)ccn1. The number of rotatable bonds is 2. The first kappa shape index (κ1) is 11.9. The summed E-state index contributed by atoms with van der Waals surface area (Å²) >= 11 is 0. The molecule has 0 aliphatic heterocycles. The second-order valence-corrected chi connectivity index (χ2v) is 4.69. The van der Waals surface area contributed by atoms with Gasteiger partial charge in [-0.05, 0) is 41.0 Å². The maximum absolute atomic E-state index is 9.26. The molecule has 0 saturated heterocycles. The van der Waals surface area contributed by atoms with Crippen molar-refractivity contribution in [2.24, 2.45) is 0 Å². The molecular formula is C17H15NO. The summed E-state index contributed by atoms with van der Waals surface area (Å²) in [5, 5.41) is 11.7. The number of hydrogen-bond donors (Lipinski definition) is 1. The first-order chi connectivity index (χ1) is 9.29. The van der Waals surface area contributed by atoms with Crippen molar-refractivity contribution in [2.75, 3.05) is 0 Å². The van der Waals surface area contributed by atoms with Crippen LogP contribution in [0.25, 0.3) is 22.0 Å². The number of aryl methyl sites for hydroxylation is 1. The molecule has 2 nitrogen and oxygen atoms in total. The number of aliphatic hydroxyl groups is 1. The third kappa shape index (κ3) is 2.11. The summed E-state index contributed by atoms with van der Waals surface area (Å²) in [7, 11) is 0. The van der Waals surface area contributed by atoms with Gasteiger partial charge >= 0.3 is 0 Å². The van der Waals surface area contributed by atoms with Crippen molar-refractivity contribution in [3.63, 3.8) is 0 Å². The van der Waals surface area contributed by atoms with Gasteiger partial charge in [0.1, 0.15) is 0 Å². The molecule has 0 saturated carbocycles. The maximum atomic E-state index is 9.26. The summed E-state index contributed by atoms with van der Waals surface area (Å²) < 4.78 is 0. The van der Waals surface area contributed by atoms with Crippen molar-refractivity contribution >= 4 is 10.8 Å². The average molecular weight is 249 g/mol. The topological polar surface area (TPSA) is 33.1 Å². The van der Waals surface area contributed by atoms with Crippen molar-refractivity contribution in [1.29, 1.82) is 0 Å². The number of benzene rings is 2. The van der Waals surface area contributed by atoms with Gasteiger partial charge in [-0.15, -0.1) is 0 Å². The summed E-state index contributed by atoms with van der Waals surface area (Å²) in [5.74, 6) is 0. The number of nitrogens with zero attached hydrogens (tertiary/aromatic N) is 1. The van der Waals surface area contributed by atoms with Gasteiger partial charge in [-0.25, -0.2) is 0 Å². The predicted octanol–water partition coefficient (Wildman–Crippen LogP) is 3.70. The Bertz CT molecular complexity index is 734. The molecule has 0 radical (unpaired) electrons. The highest BCUT2D eigenvalue weighted by Crippen LogP contribution is 2.30. The van der Waals surface area contributed by atoms with E-state index in [4.69, 9.17) is 0 Å². The van der Waals surface area contributed by atoms with Crippen LogP contribution in [0.1, 0.15) is 11.1 Å². The van der Waals surface area contributed by atoms with Crippen molar-refractivity contribution in [3.8, 4) is 11.3 Å². The minimum Gasteiger partial charge on any atom is -0.392 e. The third-order valence-electron chi connectivity index (χ3n) is 3.40. The second kappa shape index (κ2) is 4.82. The quantitative estimate of drug-likeness (QED) is 0.751. The Morgan fingerprint density at radius 1 is 1.05 bits per heavy atom. The van der Waals surface area contributed by atoms with Gasteiger partial charge in [0.15, 0.2) is 0 Å². The molecule has 1 aromatic heterocycles. The van der Waals surface area contributed by atoms with Gasteiger partial charge < -0.3 is 5.11 Å². The van der Waals surface area contributed by atoms with Gasteiger partial charge in [0.2, 0.25) is 0 Å². The normalized spacial score (nSPS) is 10.8. The molecule has 1 N–H and O–H groups in total. The van der Waals surface area contributed by atoms with E-state index in [1.807, 2.05) is 24.3 Å². The molecule has 19 heavy (non-hydrogen) atoms. The lowest BCUT2D eigenvalue weighted by Gasteiger charge is -2.10. The lowest BCUT2D eigenvalue weighted by Crippen LogP contribution is -1.92. The van der Waals surface area contributed by atoms with Gasteiger partial charge in [-0.2, -0.15) is 0 Å². The van der Waals surface area contributed by atoms with Crippen LogP contribution in [0.3, 0.4) is 0 Å². The van der Waals surface area contributed by atoms with Gasteiger partial charge in [-0.3, -0.25) is 4.98 Å². The van der Waals surface area contributed by atoms with E-state index in [-0.39, 0.29) is 6.61 Å². The largest absolute Gasteiger partial charge is 0.392 e. The summed E-state index contributed by atoms with van der Waals surface area (Å²) in [6.45, 7) is 2.13. The van der Waals surface area contributed by atoms with E-state index >= 15 is 0 Å². The predicted molar refractivity (Wildman–Crippen MR) is 77.8 cm³/mol. The fourth-order valence-electron chi connectivity index (χ4n) is 2.43. The highest BCUT2D eigenvalue weighted by atomic mass is 16.3. The Hall–Kier alpha value is -2.19. The molecule has 3 aromatic rings. The van der Waals surface area contributed by atoms with E-state index in [1.165, 1.54) is 16.3 Å². The number of hydrogen-bond acceptors (Lipinski definition) is 2. The van der Waals surface area contributed by atoms with Crippen molar-refractivity contribution in [3.05, 3.63) is 65.9 Å². The lowest BCUT2D eigenvalue weighted by atomic mass is 9.96. The second-order valence-electron chi connectivity index (χ2n) is 4.69. The standard InChI is InChI=1S/C17H15NO/c1-12-6-7-14-4-2-3-5-15(14)17(12)16-10-13(11-19)8-9-18-16/h2-10,19H,11H2,1H3. The molecule has 0 amide bonds. The minimum atomic E-state index is 0.0410. The molecule has 2 heteroatoms. The van der Waals surface area contributed by atoms with Crippen LogP contribution < -0.4 is 0 Å². The summed E-state index contributed by atoms with van der Waals surface area (Å²) in [6.07, 6.45) is 1.75. The van der Waals surface area contributed by atoms with Crippen LogP contribution in [0.5, 0.6) is 0 Å².